The van der Waals surface area contributed by atoms with Gasteiger partial charge in [-0.25, -0.2) is 0 Å². The lowest BCUT2D eigenvalue weighted by molar-refractivity contribution is -0.110. The molecule has 0 aliphatic rings. The van der Waals surface area contributed by atoms with Gasteiger partial charge in [-0.3, -0.25) is 4.79 Å². The Morgan fingerprint density at radius 2 is 1.96 bits per heavy atom. The summed E-state index contributed by atoms with van der Waals surface area (Å²) in [6, 6.07) is 13.5. The average Bonchev–Trinajstić information content (AvgIpc) is 3.16. The summed E-state index contributed by atoms with van der Waals surface area (Å²) in [5.74, 6) is 0.982. The number of methoxy groups -OCH3 is 2. The molecule has 0 saturated carbocycles. The largest absolute Gasteiger partial charge is 0.497 e. The normalized spacial score (nSPS) is 11.8. The van der Waals surface area contributed by atoms with Gasteiger partial charge in [0.05, 0.1) is 27.4 Å². The van der Waals surface area contributed by atoms with Gasteiger partial charge in [0.15, 0.2) is 5.76 Å². The van der Waals surface area contributed by atoms with Crippen LogP contribution in [0.15, 0.2) is 52.9 Å². The number of hydrogen-bond acceptors (Lipinski definition) is 6. The third-order valence-electron chi connectivity index (χ3n) is 4.18. The number of aldehydes is 1. The van der Waals surface area contributed by atoms with E-state index >= 15 is 0 Å². The van der Waals surface area contributed by atoms with Crippen molar-refractivity contribution in [2.75, 3.05) is 20.8 Å². The SMILES string of the molecule is COc1ccc2oc(C(=O)N[C@H](C=O)COCc3ccccc3OC)cc2c1. The first-order valence-corrected chi connectivity index (χ1v) is 8.68. The summed E-state index contributed by atoms with van der Waals surface area (Å²) in [6.45, 7) is 0.288. The van der Waals surface area contributed by atoms with Crippen LogP contribution in [0.25, 0.3) is 11.0 Å². The van der Waals surface area contributed by atoms with Crippen LogP contribution in [0.1, 0.15) is 16.1 Å². The lowest BCUT2D eigenvalue weighted by atomic mass is 10.2. The van der Waals surface area contributed by atoms with Crippen molar-refractivity contribution < 1.29 is 28.2 Å². The predicted molar refractivity (Wildman–Crippen MR) is 103 cm³/mol. The van der Waals surface area contributed by atoms with Crippen molar-refractivity contribution in [1.82, 2.24) is 5.32 Å². The topological polar surface area (TPSA) is 87.0 Å². The number of amides is 1. The standard InChI is InChI=1S/C21H21NO6/c1-25-17-7-8-19-15(9-17)10-20(28-19)21(24)22-16(11-23)13-27-12-14-5-3-4-6-18(14)26-2/h3-11,16H,12-13H2,1-2H3,(H,22,24)/t16-/m1/s1. The molecule has 0 fully saturated rings. The van der Waals surface area contributed by atoms with E-state index in [1.54, 1.807) is 38.5 Å². The van der Waals surface area contributed by atoms with Crippen LogP contribution < -0.4 is 14.8 Å². The maximum Gasteiger partial charge on any atom is 0.287 e. The second-order valence-corrected chi connectivity index (χ2v) is 6.06. The Bertz CT molecular complexity index is 964. The van der Waals surface area contributed by atoms with Crippen LogP contribution >= 0.6 is 0 Å². The van der Waals surface area contributed by atoms with Gasteiger partial charge in [-0.05, 0) is 30.3 Å². The first kappa shape index (κ1) is 19.4. The molecule has 7 heteroatoms. The lowest BCUT2D eigenvalue weighted by Crippen LogP contribution is -2.39. The van der Waals surface area contributed by atoms with Gasteiger partial charge in [0, 0.05) is 10.9 Å². The van der Waals surface area contributed by atoms with E-state index in [0.29, 0.717) is 23.4 Å². The Kier molecular flexibility index (Phi) is 6.29. The molecule has 7 nitrogen and oxygen atoms in total. The first-order valence-electron chi connectivity index (χ1n) is 8.68. The molecular formula is C21H21NO6. The number of furan rings is 1. The molecule has 0 bridgehead atoms. The van der Waals surface area contributed by atoms with Gasteiger partial charge in [-0.1, -0.05) is 18.2 Å². The van der Waals surface area contributed by atoms with Gasteiger partial charge in [0.1, 0.15) is 29.4 Å². The summed E-state index contributed by atoms with van der Waals surface area (Å²) >= 11 is 0. The highest BCUT2D eigenvalue weighted by Crippen LogP contribution is 2.24. The van der Waals surface area contributed by atoms with E-state index in [1.807, 2.05) is 24.3 Å². The molecule has 0 aliphatic heterocycles. The van der Waals surface area contributed by atoms with E-state index in [-0.39, 0.29) is 19.0 Å². The summed E-state index contributed by atoms with van der Waals surface area (Å²) in [5, 5.41) is 3.33. The summed E-state index contributed by atoms with van der Waals surface area (Å²) in [6.07, 6.45) is 0.631. The van der Waals surface area contributed by atoms with E-state index in [4.69, 9.17) is 18.6 Å². The Hall–Kier alpha value is -3.32. The van der Waals surface area contributed by atoms with Gasteiger partial charge in [-0.2, -0.15) is 0 Å². The van der Waals surface area contributed by atoms with Gasteiger partial charge < -0.3 is 28.7 Å². The monoisotopic (exact) mass is 383 g/mol. The fourth-order valence-electron chi connectivity index (χ4n) is 2.73. The molecule has 1 atom stereocenters. The minimum absolute atomic E-state index is 0.0291. The molecule has 2 aromatic carbocycles. The Labute approximate surface area is 162 Å². The number of hydrogen-bond donors (Lipinski definition) is 1. The number of benzene rings is 2. The fourth-order valence-corrected chi connectivity index (χ4v) is 2.73. The van der Waals surface area contributed by atoms with Gasteiger partial charge >= 0.3 is 0 Å². The van der Waals surface area contributed by atoms with E-state index in [9.17, 15) is 9.59 Å². The van der Waals surface area contributed by atoms with Crippen LogP contribution in [-0.4, -0.2) is 39.1 Å². The van der Waals surface area contributed by atoms with Crippen LogP contribution in [-0.2, 0) is 16.1 Å². The minimum atomic E-state index is -0.801. The first-order chi connectivity index (χ1) is 13.6. The highest BCUT2D eigenvalue weighted by molar-refractivity contribution is 5.97. The third kappa shape index (κ3) is 4.50. The van der Waals surface area contributed by atoms with Crippen molar-refractivity contribution in [1.29, 1.82) is 0 Å². The Morgan fingerprint density at radius 3 is 2.71 bits per heavy atom. The van der Waals surface area contributed by atoms with Crippen molar-refractivity contribution in [3.8, 4) is 11.5 Å². The van der Waals surface area contributed by atoms with Gasteiger partial charge in [-0.15, -0.1) is 0 Å². The number of para-hydroxylation sites is 1. The second-order valence-electron chi connectivity index (χ2n) is 6.06. The maximum atomic E-state index is 12.4. The highest BCUT2D eigenvalue weighted by Gasteiger charge is 2.17. The molecule has 0 unspecified atom stereocenters. The van der Waals surface area contributed by atoms with E-state index in [2.05, 4.69) is 5.32 Å². The number of nitrogens with one attached hydrogen (secondary N) is 1. The molecule has 0 spiro atoms. The summed E-state index contributed by atoms with van der Waals surface area (Å²) in [7, 11) is 3.14. The summed E-state index contributed by atoms with van der Waals surface area (Å²) in [4.78, 5) is 23.7. The molecule has 146 valence electrons. The summed E-state index contributed by atoms with van der Waals surface area (Å²) < 4.78 is 21.5. The smallest absolute Gasteiger partial charge is 0.287 e. The maximum absolute atomic E-state index is 12.4. The Morgan fingerprint density at radius 1 is 1.14 bits per heavy atom. The quantitative estimate of drug-likeness (QED) is 0.572. The molecule has 1 heterocycles. The number of carbonyl (C=O) groups excluding carboxylic acids is 2. The second kappa shape index (κ2) is 9.05. The molecule has 3 rings (SSSR count). The number of rotatable bonds is 9. The molecule has 3 aromatic rings. The molecule has 0 radical (unpaired) electrons. The van der Waals surface area contributed by atoms with Crippen LogP contribution in [0, 0.1) is 0 Å². The number of ether oxygens (including phenoxy) is 3. The molecule has 1 N–H and O–H groups in total. The Balaban J connectivity index is 1.59. The van der Waals surface area contributed by atoms with E-state index < -0.39 is 11.9 Å². The number of carbonyl (C=O) groups is 2. The molecule has 0 aliphatic carbocycles. The predicted octanol–water partition coefficient (Wildman–Crippen LogP) is 2.96. The van der Waals surface area contributed by atoms with Crippen molar-refractivity contribution in [3.63, 3.8) is 0 Å². The van der Waals surface area contributed by atoms with E-state index in [0.717, 1.165) is 10.9 Å². The summed E-state index contributed by atoms with van der Waals surface area (Å²) in [5.41, 5.74) is 1.41. The van der Waals surface area contributed by atoms with Crippen molar-refractivity contribution >= 4 is 23.2 Å². The van der Waals surface area contributed by atoms with Crippen LogP contribution in [0.2, 0.25) is 0 Å². The molecular weight excluding hydrogens is 362 g/mol. The van der Waals surface area contributed by atoms with Crippen molar-refractivity contribution in [3.05, 3.63) is 59.9 Å². The van der Waals surface area contributed by atoms with Crippen LogP contribution in [0.5, 0.6) is 11.5 Å². The minimum Gasteiger partial charge on any atom is -0.497 e. The fraction of sp³-hybridized carbons (Fsp3) is 0.238. The molecule has 1 amide bonds. The zero-order chi connectivity index (χ0) is 19.9. The molecule has 0 saturated heterocycles. The van der Waals surface area contributed by atoms with Crippen molar-refractivity contribution in [2.45, 2.75) is 12.6 Å². The third-order valence-corrected chi connectivity index (χ3v) is 4.18. The van der Waals surface area contributed by atoms with Crippen LogP contribution in [0.3, 0.4) is 0 Å². The van der Waals surface area contributed by atoms with Crippen molar-refractivity contribution in [2.24, 2.45) is 0 Å². The average molecular weight is 383 g/mol. The highest BCUT2D eigenvalue weighted by atomic mass is 16.5. The zero-order valence-corrected chi connectivity index (χ0v) is 15.6. The van der Waals surface area contributed by atoms with Gasteiger partial charge in [0.2, 0.25) is 0 Å². The zero-order valence-electron chi connectivity index (χ0n) is 15.6. The molecule has 1 aromatic heterocycles. The lowest BCUT2D eigenvalue weighted by Gasteiger charge is -2.13. The number of fused-ring (bicyclic) bond motifs is 1. The van der Waals surface area contributed by atoms with E-state index in [1.165, 1.54) is 0 Å². The van der Waals surface area contributed by atoms with Gasteiger partial charge in [0.25, 0.3) is 5.91 Å². The molecule has 28 heavy (non-hydrogen) atoms. The van der Waals surface area contributed by atoms with Crippen LogP contribution in [0.4, 0.5) is 0 Å².